The largest absolute Gasteiger partial charge is 0.497 e. The number of amides is 1. The molecule has 0 aliphatic rings. The molecule has 2 aromatic heterocycles. The Balaban J connectivity index is 1.71. The van der Waals surface area contributed by atoms with Gasteiger partial charge in [-0.2, -0.15) is 0 Å². The third-order valence-electron chi connectivity index (χ3n) is 4.85. The van der Waals surface area contributed by atoms with Gasteiger partial charge in [-0.3, -0.25) is 14.2 Å². The minimum absolute atomic E-state index is 0.270. The molecule has 6 nitrogen and oxygen atoms in total. The number of para-hydroxylation sites is 1. The number of fused-ring (bicyclic) bond motifs is 1. The maximum atomic E-state index is 13.3. The molecular weight excluding hydrogens is 422 g/mol. The van der Waals surface area contributed by atoms with Gasteiger partial charge in [-0.1, -0.05) is 35.9 Å². The number of rotatable bonds is 5. The fraction of sp³-hybridized carbons (Fsp3) is 0.136. The number of benzene rings is 2. The predicted octanol–water partition coefficient (Wildman–Crippen LogP) is 4.99. The van der Waals surface area contributed by atoms with Crippen LogP contribution in [-0.4, -0.2) is 22.6 Å². The summed E-state index contributed by atoms with van der Waals surface area (Å²) in [6.45, 7) is 1.65. The van der Waals surface area contributed by atoms with Crippen LogP contribution in [0.4, 0.5) is 5.69 Å². The molecule has 30 heavy (non-hydrogen) atoms. The van der Waals surface area contributed by atoms with E-state index in [1.165, 1.54) is 22.2 Å². The fourth-order valence-electron chi connectivity index (χ4n) is 3.13. The van der Waals surface area contributed by atoms with Gasteiger partial charge in [-0.05, 0) is 36.8 Å². The lowest BCUT2D eigenvalue weighted by atomic mass is 10.1. The molecule has 1 amide bonds. The van der Waals surface area contributed by atoms with E-state index in [-0.39, 0.29) is 11.5 Å². The van der Waals surface area contributed by atoms with Gasteiger partial charge in [0.1, 0.15) is 16.6 Å². The molecule has 152 valence electrons. The molecule has 2 aromatic carbocycles. The van der Waals surface area contributed by atoms with E-state index in [4.69, 9.17) is 16.3 Å². The molecule has 0 aliphatic heterocycles. The lowest BCUT2D eigenvalue weighted by molar-refractivity contribution is -0.118. The van der Waals surface area contributed by atoms with Gasteiger partial charge in [-0.15, -0.1) is 11.3 Å². The fourth-order valence-corrected chi connectivity index (χ4v) is 4.22. The normalized spacial score (nSPS) is 12.0. The van der Waals surface area contributed by atoms with Gasteiger partial charge in [0, 0.05) is 10.9 Å². The van der Waals surface area contributed by atoms with Crippen LogP contribution >= 0.6 is 22.9 Å². The van der Waals surface area contributed by atoms with E-state index in [0.29, 0.717) is 20.9 Å². The van der Waals surface area contributed by atoms with Crippen molar-refractivity contribution in [1.29, 1.82) is 0 Å². The number of hydrogen-bond acceptors (Lipinski definition) is 5. The third kappa shape index (κ3) is 3.69. The van der Waals surface area contributed by atoms with Crippen LogP contribution in [0.3, 0.4) is 0 Å². The Bertz CT molecular complexity index is 1280. The topological polar surface area (TPSA) is 73.2 Å². The van der Waals surface area contributed by atoms with Crippen LogP contribution in [0.1, 0.15) is 13.0 Å². The van der Waals surface area contributed by atoms with Crippen molar-refractivity contribution in [2.75, 3.05) is 12.4 Å². The summed E-state index contributed by atoms with van der Waals surface area (Å²) in [5.74, 6) is 0.381. The highest BCUT2D eigenvalue weighted by Crippen LogP contribution is 2.32. The van der Waals surface area contributed by atoms with Crippen LogP contribution in [0.5, 0.6) is 5.75 Å². The highest BCUT2D eigenvalue weighted by atomic mass is 35.5. The summed E-state index contributed by atoms with van der Waals surface area (Å²) in [6.07, 6.45) is 1.41. The zero-order valence-corrected chi connectivity index (χ0v) is 17.8. The zero-order valence-electron chi connectivity index (χ0n) is 16.3. The number of nitrogens with zero attached hydrogens (tertiary/aromatic N) is 2. The Labute approximate surface area is 181 Å². The molecule has 8 heteroatoms. The first kappa shape index (κ1) is 20.1. The van der Waals surface area contributed by atoms with Gasteiger partial charge in [0.05, 0.1) is 29.5 Å². The Kier molecular flexibility index (Phi) is 5.57. The summed E-state index contributed by atoms with van der Waals surface area (Å²) in [4.78, 5) is 31.0. The van der Waals surface area contributed by atoms with Crippen molar-refractivity contribution >= 4 is 44.7 Å². The van der Waals surface area contributed by atoms with Crippen molar-refractivity contribution in [2.24, 2.45) is 0 Å². The van der Waals surface area contributed by atoms with Crippen LogP contribution in [0.2, 0.25) is 5.02 Å². The molecule has 0 radical (unpaired) electrons. The van der Waals surface area contributed by atoms with Gasteiger partial charge in [0.2, 0.25) is 5.91 Å². The number of thiophene rings is 1. The number of halogens is 1. The summed E-state index contributed by atoms with van der Waals surface area (Å²) in [5, 5.41) is 5.59. The molecule has 4 aromatic rings. The maximum absolute atomic E-state index is 13.3. The molecule has 1 atom stereocenters. The Morgan fingerprint density at radius 2 is 1.93 bits per heavy atom. The van der Waals surface area contributed by atoms with E-state index in [2.05, 4.69) is 10.3 Å². The summed E-state index contributed by atoms with van der Waals surface area (Å²) >= 11 is 7.51. The number of methoxy groups -OCH3 is 1. The minimum Gasteiger partial charge on any atom is -0.497 e. The first-order valence-electron chi connectivity index (χ1n) is 9.17. The molecule has 4 rings (SSSR count). The van der Waals surface area contributed by atoms with E-state index >= 15 is 0 Å². The number of nitrogens with one attached hydrogen (secondary N) is 1. The Morgan fingerprint density at radius 1 is 1.20 bits per heavy atom. The second-order valence-corrected chi connectivity index (χ2v) is 7.93. The molecule has 1 N–H and O–H groups in total. The first-order chi connectivity index (χ1) is 14.5. The molecular formula is C22H18ClN3O3S. The van der Waals surface area contributed by atoms with E-state index < -0.39 is 6.04 Å². The van der Waals surface area contributed by atoms with E-state index in [1.54, 1.807) is 38.3 Å². The number of ether oxygens (including phenoxy) is 1. The molecule has 0 saturated carbocycles. The average Bonchev–Trinajstić information content (AvgIpc) is 3.20. The number of anilines is 1. The second kappa shape index (κ2) is 8.30. The van der Waals surface area contributed by atoms with Gasteiger partial charge < -0.3 is 10.1 Å². The standard InChI is InChI=1S/C22H18ClN3O3S/c1-13(20(27)25-18-6-4-3-5-17(18)23)26-12-24-21-19(22(26)28)16(11-30-21)14-7-9-15(29-2)10-8-14/h3-13H,1-2H3,(H,25,27)/t13-/m1/s1. The predicted molar refractivity (Wildman–Crippen MR) is 121 cm³/mol. The van der Waals surface area contributed by atoms with Gasteiger partial charge in [0.15, 0.2) is 0 Å². The monoisotopic (exact) mass is 439 g/mol. The zero-order chi connectivity index (χ0) is 21.3. The first-order valence-corrected chi connectivity index (χ1v) is 10.4. The molecule has 0 fully saturated rings. The third-order valence-corrected chi connectivity index (χ3v) is 6.06. The van der Waals surface area contributed by atoms with Crippen LogP contribution in [-0.2, 0) is 4.79 Å². The smallest absolute Gasteiger partial charge is 0.263 e. The molecule has 2 heterocycles. The molecule has 0 spiro atoms. The summed E-state index contributed by atoms with van der Waals surface area (Å²) in [7, 11) is 1.60. The van der Waals surface area contributed by atoms with Gasteiger partial charge >= 0.3 is 0 Å². The molecule has 0 saturated heterocycles. The average molecular weight is 440 g/mol. The maximum Gasteiger partial charge on any atom is 0.263 e. The van der Waals surface area contributed by atoms with Crippen molar-refractivity contribution in [3.63, 3.8) is 0 Å². The lowest BCUT2D eigenvalue weighted by Crippen LogP contribution is -2.31. The molecule has 0 bridgehead atoms. The SMILES string of the molecule is COc1ccc(-c2csc3ncn([C@H](C)C(=O)Nc4ccccc4Cl)c(=O)c23)cc1. The van der Waals surface area contributed by atoms with Crippen LogP contribution in [0.25, 0.3) is 21.3 Å². The van der Waals surface area contributed by atoms with Crippen LogP contribution < -0.4 is 15.6 Å². The number of hydrogen-bond donors (Lipinski definition) is 1. The molecule has 0 unspecified atom stereocenters. The van der Waals surface area contributed by atoms with Crippen molar-refractivity contribution in [3.05, 3.63) is 75.6 Å². The van der Waals surface area contributed by atoms with E-state index in [9.17, 15) is 9.59 Å². The van der Waals surface area contributed by atoms with E-state index in [0.717, 1.165) is 16.9 Å². The number of carbonyl (C=O) groups excluding carboxylic acids is 1. The number of aromatic nitrogens is 2. The minimum atomic E-state index is -0.769. The summed E-state index contributed by atoms with van der Waals surface area (Å²) in [6, 6.07) is 13.6. The van der Waals surface area contributed by atoms with E-state index in [1.807, 2.05) is 29.6 Å². The van der Waals surface area contributed by atoms with Crippen LogP contribution in [0, 0.1) is 0 Å². The highest BCUT2D eigenvalue weighted by molar-refractivity contribution is 7.17. The van der Waals surface area contributed by atoms with Gasteiger partial charge in [0.25, 0.3) is 5.56 Å². The lowest BCUT2D eigenvalue weighted by Gasteiger charge is -2.15. The summed E-state index contributed by atoms with van der Waals surface area (Å²) in [5.41, 5.74) is 1.89. The summed E-state index contributed by atoms with van der Waals surface area (Å²) < 4.78 is 6.54. The molecule has 0 aliphatic carbocycles. The Hall–Kier alpha value is -3.16. The van der Waals surface area contributed by atoms with Crippen molar-refractivity contribution in [3.8, 4) is 16.9 Å². The quantitative estimate of drug-likeness (QED) is 0.475. The van der Waals surface area contributed by atoms with Crippen LogP contribution in [0.15, 0.2) is 65.0 Å². The van der Waals surface area contributed by atoms with Gasteiger partial charge in [-0.25, -0.2) is 4.98 Å². The van der Waals surface area contributed by atoms with Crippen molar-refractivity contribution in [1.82, 2.24) is 9.55 Å². The Morgan fingerprint density at radius 3 is 2.63 bits per heavy atom. The van der Waals surface area contributed by atoms with Crippen molar-refractivity contribution < 1.29 is 9.53 Å². The van der Waals surface area contributed by atoms with Crippen molar-refractivity contribution in [2.45, 2.75) is 13.0 Å². The highest BCUT2D eigenvalue weighted by Gasteiger charge is 2.21. The second-order valence-electron chi connectivity index (χ2n) is 6.66. The number of carbonyl (C=O) groups is 1.